The van der Waals surface area contributed by atoms with E-state index in [-0.39, 0.29) is 30.3 Å². The molecule has 0 unspecified atom stereocenters. The first kappa shape index (κ1) is 17.7. The Balaban J connectivity index is 2.05. The summed E-state index contributed by atoms with van der Waals surface area (Å²) in [5.41, 5.74) is 0.426. The Labute approximate surface area is 139 Å². The zero-order valence-electron chi connectivity index (χ0n) is 14.0. The molecule has 7 heteroatoms. The van der Waals surface area contributed by atoms with E-state index < -0.39 is 12.0 Å². The van der Waals surface area contributed by atoms with Gasteiger partial charge in [-0.2, -0.15) is 0 Å². The number of nitrogens with zero attached hydrogens (tertiary/aromatic N) is 2. The molecule has 0 aliphatic rings. The molecular formula is C17H21N3O4. The van der Waals surface area contributed by atoms with E-state index in [0.717, 1.165) is 0 Å². The predicted octanol–water partition coefficient (Wildman–Crippen LogP) is 1.10. The van der Waals surface area contributed by atoms with Crippen molar-refractivity contribution in [3.8, 4) is 0 Å². The normalized spacial score (nSPS) is 12.2. The Morgan fingerprint density at radius 3 is 2.67 bits per heavy atom. The third-order valence-electron chi connectivity index (χ3n) is 3.75. The van der Waals surface area contributed by atoms with Gasteiger partial charge in [-0.3, -0.25) is 14.2 Å². The fraction of sp³-hybridized carbons (Fsp3) is 0.412. The number of hydrogen-bond donors (Lipinski definition) is 1. The Hall–Kier alpha value is -2.70. The molecule has 7 nitrogen and oxygen atoms in total. The lowest BCUT2D eigenvalue weighted by molar-refractivity contribution is -0.146. The third kappa shape index (κ3) is 3.98. The van der Waals surface area contributed by atoms with Gasteiger partial charge in [0.05, 0.1) is 24.3 Å². The molecule has 1 aromatic heterocycles. The van der Waals surface area contributed by atoms with E-state index in [0.29, 0.717) is 10.9 Å². The number of esters is 1. The minimum Gasteiger partial charge on any atom is -0.467 e. The number of carbonyl (C=O) groups excluding carboxylic acids is 2. The van der Waals surface area contributed by atoms with Crippen LogP contribution in [0.3, 0.4) is 0 Å². The molecule has 0 saturated heterocycles. The standard InChI is InChI=1S/C17H21N3O4/c1-11(2)15(17(23)24-3)19-14(21)8-9-20-10-18-13-7-5-4-6-12(13)16(20)22/h4-7,10-11,15H,8-9H2,1-3H3,(H,19,21)/t15-/m0/s1. The second-order valence-electron chi connectivity index (χ2n) is 5.82. The van der Waals surface area contributed by atoms with Crippen LogP contribution in [0.2, 0.25) is 0 Å². The highest BCUT2D eigenvalue weighted by Crippen LogP contribution is 2.06. The minimum absolute atomic E-state index is 0.0696. The van der Waals surface area contributed by atoms with Crippen LogP contribution in [-0.2, 0) is 20.9 Å². The largest absolute Gasteiger partial charge is 0.467 e. The van der Waals surface area contributed by atoms with Crippen molar-refractivity contribution >= 4 is 22.8 Å². The first-order valence-electron chi connectivity index (χ1n) is 7.75. The van der Waals surface area contributed by atoms with Crippen LogP contribution in [0.25, 0.3) is 10.9 Å². The molecule has 0 saturated carbocycles. The van der Waals surface area contributed by atoms with Crippen molar-refractivity contribution in [2.45, 2.75) is 32.9 Å². The minimum atomic E-state index is -0.700. The molecule has 0 aliphatic heterocycles. The van der Waals surface area contributed by atoms with Gasteiger partial charge in [0.2, 0.25) is 5.91 Å². The Bertz CT molecular complexity index is 798. The van der Waals surface area contributed by atoms with Gasteiger partial charge in [0, 0.05) is 13.0 Å². The maximum atomic E-state index is 12.3. The summed E-state index contributed by atoms with van der Waals surface area (Å²) in [6.45, 7) is 3.83. The van der Waals surface area contributed by atoms with E-state index >= 15 is 0 Å². The second kappa shape index (κ2) is 7.72. The Morgan fingerprint density at radius 2 is 2.00 bits per heavy atom. The number of aryl methyl sites for hydroxylation is 1. The first-order valence-corrected chi connectivity index (χ1v) is 7.75. The molecule has 0 aliphatic carbocycles. The average molecular weight is 331 g/mol. The van der Waals surface area contributed by atoms with E-state index in [1.54, 1.807) is 18.2 Å². The molecular weight excluding hydrogens is 310 g/mol. The highest BCUT2D eigenvalue weighted by Gasteiger charge is 2.24. The quantitative estimate of drug-likeness (QED) is 0.801. The zero-order chi connectivity index (χ0) is 17.7. The van der Waals surface area contributed by atoms with Crippen molar-refractivity contribution < 1.29 is 14.3 Å². The number of methoxy groups -OCH3 is 1. The van der Waals surface area contributed by atoms with Crippen molar-refractivity contribution in [2.75, 3.05) is 7.11 Å². The van der Waals surface area contributed by atoms with Crippen LogP contribution < -0.4 is 10.9 Å². The summed E-state index contributed by atoms with van der Waals surface area (Å²) in [6.07, 6.45) is 1.50. The van der Waals surface area contributed by atoms with Crippen LogP contribution in [0.1, 0.15) is 20.3 Å². The van der Waals surface area contributed by atoms with Gasteiger partial charge in [-0.15, -0.1) is 0 Å². The maximum absolute atomic E-state index is 12.3. The van der Waals surface area contributed by atoms with Crippen molar-refractivity contribution in [3.63, 3.8) is 0 Å². The summed E-state index contributed by atoms with van der Waals surface area (Å²) in [4.78, 5) is 40.3. The second-order valence-corrected chi connectivity index (χ2v) is 5.82. The SMILES string of the molecule is COC(=O)[C@@H](NC(=O)CCn1cnc2ccccc2c1=O)C(C)C. The highest BCUT2D eigenvalue weighted by molar-refractivity contribution is 5.84. The molecule has 1 atom stereocenters. The zero-order valence-corrected chi connectivity index (χ0v) is 14.0. The number of carbonyl (C=O) groups is 2. The van der Waals surface area contributed by atoms with E-state index in [1.165, 1.54) is 18.0 Å². The van der Waals surface area contributed by atoms with Crippen molar-refractivity contribution in [2.24, 2.45) is 5.92 Å². The van der Waals surface area contributed by atoms with Gasteiger partial charge in [-0.25, -0.2) is 9.78 Å². The number of hydrogen-bond acceptors (Lipinski definition) is 5. The van der Waals surface area contributed by atoms with Gasteiger partial charge in [-0.05, 0) is 18.1 Å². The molecule has 0 bridgehead atoms. The molecule has 24 heavy (non-hydrogen) atoms. The van der Waals surface area contributed by atoms with Crippen LogP contribution in [0.5, 0.6) is 0 Å². The Morgan fingerprint density at radius 1 is 1.29 bits per heavy atom. The fourth-order valence-corrected chi connectivity index (χ4v) is 2.36. The lowest BCUT2D eigenvalue weighted by atomic mass is 10.0. The molecule has 2 rings (SSSR count). The van der Waals surface area contributed by atoms with Crippen molar-refractivity contribution in [3.05, 3.63) is 40.9 Å². The molecule has 1 amide bonds. The molecule has 0 fully saturated rings. The van der Waals surface area contributed by atoms with E-state index in [1.807, 2.05) is 19.9 Å². The number of nitrogens with one attached hydrogen (secondary N) is 1. The smallest absolute Gasteiger partial charge is 0.328 e. The summed E-state index contributed by atoms with van der Waals surface area (Å²) >= 11 is 0. The predicted molar refractivity (Wildman–Crippen MR) is 89.4 cm³/mol. The van der Waals surface area contributed by atoms with Crippen molar-refractivity contribution in [1.82, 2.24) is 14.9 Å². The first-order chi connectivity index (χ1) is 11.4. The number of amides is 1. The third-order valence-corrected chi connectivity index (χ3v) is 3.75. The molecule has 1 N–H and O–H groups in total. The molecule has 128 valence electrons. The van der Waals surface area contributed by atoms with Gasteiger partial charge in [-0.1, -0.05) is 26.0 Å². The molecule has 1 aromatic carbocycles. The lowest BCUT2D eigenvalue weighted by Crippen LogP contribution is -2.45. The maximum Gasteiger partial charge on any atom is 0.328 e. The summed E-state index contributed by atoms with van der Waals surface area (Å²) in [5, 5.41) is 3.15. The van der Waals surface area contributed by atoms with Gasteiger partial charge in [0.15, 0.2) is 0 Å². The van der Waals surface area contributed by atoms with E-state index in [4.69, 9.17) is 0 Å². The van der Waals surface area contributed by atoms with Crippen LogP contribution in [-0.4, -0.2) is 34.6 Å². The number of fused-ring (bicyclic) bond motifs is 1. The number of para-hydroxylation sites is 1. The lowest BCUT2D eigenvalue weighted by Gasteiger charge is -2.19. The monoisotopic (exact) mass is 331 g/mol. The van der Waals surface area contributed by atoms with E-state index in [9.17, 15) is 14.4 Å². The summed E-state index contributed by atoms with van der Waals surface area (Å²) in [5.74, 6) is -0.895. The highest BCUT2D eigenvalue weighted by atomic mass is 16.5. The van der Waals surface area contributed by atoms with Gasteiger partial charge in [0.1, 0.15) is 6.04 Å². The van der Waals surface area contributed by atoms with Crippen LogP contribution in [0, 0.1) is 5.92 Å². The fourth-order valence-electron chi connectivity index (χ4n) is 2.36. The summed E-state index contributed by atoms with van der Waals surface area (Å²) in [7, 11) is 1.28. The summed E-state index contributed by atoms with van der Waals surface area (Å²) in [6, 6.07) is 6.34. The van der Waals surface area contributed by atoms with Gasteiger partial charge < -0.3 is 10.1 Å². The molecule has 2 aromatic rings. The van der Waals surface area contributed by atoms with Crippen LogP contribution in [0.4, 0.5) is 0 Å². The average Bonchev–Trinajstić information content (AvgIpc) is 2.58. The van der Waals surface area contributed by atoms with Gasteiger partial charge in [0.25, 0.3) is 5.56 Å². The van der Waals surface area contributed by atoms with Gasteiger partial charge >= 0.3 is 5.97 Å². The topological polar surface area (TPSA) is 90.3 Å². The van der Waals surface area contributed by atoms with Crippen LogP contribution in [0.15, 0.2) is 35.4 Å². The number of benzene rings is 1. The van der Waals surface area contributed by atoms with Crippen LogP contribution >= 0.6 is 0 Å². The van der Waals surface area contributed by atoms with Crippen molar-refractivity contribution in [1.29, 1.82) is 0 Å². The molecule has 0 spiro atoms. The van der Waals surface area contributed by atoms with E-state index in [2.05, 4.69) is 15.0 Å². The number of aromatic nitrogens is 2. The number of rotatable bonds is 6. The number of ether oxygens (including phenoxy) is 1. The summed E-state index contributed by atoms with van der Waals surface area (Å²) < 4.78 is 6.08. The molecule has 1 heterocycles. The Kier molecular flexibility index (Phi) is 5.68. The molecule has 0 radical (unpaired) electrons.